The van der Waals surface area contributed by atoms with Gasteiger partial charge in [0, 0.05) is 55.8 Å². The van der Waals surface area contributed by atoms with Crippen molar-refractivity contribution in [1.29, 1.82) is 0 Å². The van der Waals surface area contributed by atoms with Gasteiger partial charge < -0.3 is 9.13 Å². The Balaban J connectivity index is 1.29. The first-order valence-electron chi connectivity index (χ1n) is 17.8. The van der Waals surface area contributed by atoms with Crippen LogP contribution >= 0.6 is 0 Å². The van der Waals surface area contributed by atoms with Gasteiger partial charge in [-0.05, 0) is 67.2 Å². The predicted octanol–water partition coefficient (Wildman–Crippen LogP) is 10.9. The summed E-state index contributed by atoms with van der Waals surface area (Å²) >= 11 is 0. The molecule has 3 heterocycles. The van der Waals surface area contributed by atoms with Crippen molar-refractivity contribution in [3.8, 4) is 45.5 Å². The number of rotatable bonds is 5. The number of benzene rings is 5. The van der Waals surface area contributed by atoms with Gasteiger partial charge in [0.2, 0.25) is 0 Å². The fraction of sp³-hybridized carbons (Fsp3) is 0.109. The lowest BCUT2D eigenvalue weighted by molar-refractivity contribution is 0.717. The molecule has 1 atom stereocenters. The average molecular weight is 658 g/mol. The third-order valence-corrected chi connectivity index (χ3v) is 10.4. The molecule has 0 saturated heterocycles. The lowest BCUT2D eigenvalue weighted by atomic mass is 9.93. The van der Waals surface area contributed by atoms with Crippen LogP contribution in [-0.4, -0.2) is 24.1 Å². The topological polar surface area (TPSA) is 48.5 Å². The molecule has 5 heteroatoms. The van der Waals surface area contributed by atoms with Crippen molar-refractivity contribution in [3.63, 3.8) is 0 Å². The van der Waals surface area contributed by atoms with Crippen LogP contribution in [0, 0.1) is 5.92 Å². The van der Waals surface area contributed by atoms with Crippen LogP contribution in [0.2, 0.25) is 0 Å². The Morgan fingerprint density at radius 1 is 0.569 bits per heavy atom. The van der Waals surface area contributed by atoms with Gasteiger partial charge in [0.05, 0.1) is 11.0 Å². The maximum atomic E-state index is 5.19. The molecule has 0 amide bonds. The van der Waals surface area contributed by atoms with Gasteiger partial charge in [0.25, 0.3) is 0 Å². The fourth-order valence-electron chi connectivity index (χ4n) is 8.03. The van der Waals surface area contributed by atoms with Crippen LogP contribution in [0.3, 0.4) is 0 Å². The van der Waals surface area contributed by atoms with Crippen LogP contribution in [0.5, 0.6) is 0 Å². The van der Waals surface area contributed by atoms with Gasteiger partial charge in [-0.25, -0.2) is 15.0 Å². The number of hydrogen-bond donors (Lipinski definition) is 0. The van der Waals surface area contributed by atoms with Crippen LogP contribution in [0.4, 0.5) is 0 Å². The van der Waals surface area contributed by atoms with E-state index in [-0.39, 0.29) is 0 Å². The van der Waals surface area contributed by atoms with E-state index in [1.54, 1.807) is 0 Å². The van der Waals surface area contributed by atoms with Crippen molar-refractivity contribution in [2.45, 2.75) is 26.2 Å². The first-order valence-corrected chi connectivity index (χ1v) is 17.8. The smallest absolute Gasteiger partial charge is 0.164 e. The van der Waals surface area contributed by atoms with Gasteiger partial charge in [-0.1, -0.05) is 122 Å². The molecule has 0 bridgehead atoms. The zero-order valence-electron chi connectivity index (χ0n) is 28.4. The van der Waals surface area contributed by atoms with E-state index >= 15 is 0 Å². The number of allylic oxidation sites excluding steroid dienone is 2. The Bertz CT molecular complexity index is 2620. The van der Waals surface area contributed by atoms with Crippen molar-refractivity contribution in [2.75, 3.05) is 0 Å². The molecule has 2 aliphatic carbocycles. The molecule has 244 valence electrons. The summed E-state index contributed by atoms with van der Waals surface area (Å²) in [4.78, 5) is 15.4. The standard InChI is InChI=1S/C46H35N5/c1-30-24-25-43-39(26-30)38-20-10-13-23-42(38)51(43)35-28-33(27-34(29-35)50-40-21-11-8-18-36(40)37-19-9-12-22-41(37)50)46-48-44(31-14-4-2-5-15-31)47-45(49-46)32-16-6-3-7-17-32/h2-11,13-21,23-25,27-30H,12,22,26H2,1H3. The monoisotopic (exact) mass is 657 g/mol. The minimum atomic E-state index is 0.488. The first-order chi connectivity index (χ1) is 25.2. The molecule has 2 aliphatic rings. The quantitative estimate of drug-likeness (QED) is 0.185. The summed E-state index contributed by atoms with van der Waals surface area (Å²) in [5.74, 6) is 2.44. The summed E-state index contributed by atoms with van der Waals surface area (Å²) in [6.45, 7) is 2.30. The lowest BCUT2D eigenvalue weighted by Crippen LogP contribution is -2.08. The van der Waals surface area contributed by atoms with E-state index in [2.05, 4.69) is 131 Å². The highest BCUT2D eigenvalue weighted by Crippen LogP contribution is 2.39. The van der Waals surface area contributed by atoms with E-state index in [0.29, 0.717) is 23.4 Å². The van der Waals surface area contributed by atoms with E-state index in [1.807, 2.05) is 36.4 Å². The summed E-state index contributed by atoms with van der Waals surface area (Å²) in [6.07, 6.45) is 12.3. The molecule has 0 N–H and O–H groups in total. The minimum Gasteiger partial charge on any atom is -0.313 e. The Hall–Kier alpha value is -6.33. The molecule has 51 heavy (non-hydrogen) atoms. The molecule has 5 aromatic carbocycles. The molecule has 0 fully saturated rings. The van der Waals surface area contributed by atoms with Crippen molar-refractivity contribution < 1.29 is 0 Å². The largest absolute Gasteiger partial charge is 0.313 e. The lowest BCUT2D eigenvalue weighted by Gasteiger charge is -2.19. The summed E-state index contributed by atoms with van der Waals surface area (Å²) in [6, 6.07) is 44.9. The molecule has 0 saturated carbocycles. The number of para-hydroxylation sites is 2. The summed E-state index contributed by atoms with van der Waals surface area (Å²) in [7, 11) is 0. The molecule has 5 nitrogen and oxygen atoms in total. The average Bonchev–Trinajstić information content (AvgIpc) is 3.71. The second kappa shape index (κ2) is 11.9. The Labute approximate surface area is 296 Å². The fourth-order valence-corrected chi connectivity index (χ4v) is 8.03. The van der Waals surface area contributed by atoms with Gasteiger partial charge in [-0.3, -0.25) is 0 Å². The highest BCUT2D eigenvalue weighted by Gasteiger charge is 2.24. The number of fused-ring (bicyclic) bond motifs is 6. The van der Waals surface area contributed by atoms with E-state index in [1.165, 1.54) is 44.3 Å². The van der Waals surface area contributed by atoms with Crippen LogP contribution in [0.1, 0.15) is 35.9 Å². The molecule has 8 aromatic rings. The molecule has 1 unspecified atom stereocenters. The van der Waals surface area contributed by atoms with Crippen molar-refractivity contribution in [3.05, 3.63) is 162 Å². The maximum absolute atomic E-state index is 5.19. The summed E-state index contributed by atoms with van der Waals surface area (Å²) < 4.78 is 4.91. The second-order valence-electron chi connectivity index (χ2n) is 13.7. The van der Waals surface area contributed by atoms with Gasteiger partial charge in [0.15, 0.2) is 17.5 Å². The number of nitrogens with zero attached hydrogens (tertiary/aromatic N) is 5. The van der Waals surface area contributed by atoms with Crippen LogP contribution in [0.15, 0.2) is 140 Å². The Kier molecular flexibility index (Phi) is 6.91. The molecular formula is C46H35N5. The van der Waals surface area contributed by atoms with E-state index in [4.69, 9.17) is 15.0 Å². The van der Waals surface area contributed by atoms with Crippen LogP contribution < -0.4 is 0 Å². The summed E-state index contributed by atoms with van der Waals surface area (Å²) in [5.41, 5.74) is 12.7. The Morgan fingerprint density at radius 2 is 1.14 bits per heavy atom. The van der Waals surface area contributed by atoms with Gasteiger partial charge in [-0.15, -0.1) is 0 Å². The van der Waals surface area contributed by atoms with Crippen molar-refractivity contribution in [2.24, 2.45) is 5.92 Å². The maximum Gasteiger partial charge on any atom is 0.164 e. The zero-order chi connectivity index (χ0) is 33.9. The summed E-state index contributed by atoms with van der Waals surface area (Å²) in [5, 5.41) is 2.58. The second-order valence-corrected chi connectivity index (χ2v) is 13.7. The molecule has 0 aliphatic heterocycles. The van der Waals surface area contributed by atoms with Crippen LogP contribution in [0.25, 0.3) is 79.5 Å². The Morgan fingerprint density at radius 3 is 1.82 bits per heavy atom. The van der Waals surface area contributed by atoms with Crippen LogP contribution in [-0.2, 0) is 12.8 Å². The van der Waals surface area contributed by atoms with E-state index in [9.17, 15) is 0 Å². The third-order valence-electron chi connectivity index (χ3n) is 10.4. The molecule has 0 radical (unpaired) electrons. The molecule has 3 aromatic heterocycles. The molecule has 0 spiro atoms. The zero-order valence-corrected chi connectivity index (χ0v) is 28.4. The minimum absolute atomic E-state index is 0.488. The first kappa shape index (κ1) is 29.6. The highest BCUT2D eigenvalue weighted by molar-refractivity contribution is 5.94. The molecular weight excluding hydrogens is 623 g/mol. The number of hydrogen-bond acceptors (Lipinski definition) is 3. The van der Waals surface area contributed by atoms with Gasteiger partial charge >= 0.3 is 0 Å². The van der Waals surface area contributed by atoms with Crippen molar-refractivity contribution in [1.82, 2.24) is 24.1 Å². The van der Waals surface area contributed by atoms with Gasteiger partial charge in [-0.2, -0.15) is 0 Å². The number of aromatic nitrogens is 5. The highest BCUT2D eigenvalue weighted by atomic mass is 15.1. The SMILES string of the molecule is CC1C=Cc2c(c3ccccc3n2-c2cc(-c3nc(-c4ccccc4)nc(-c4ccccc4)n3)cc(-n3c4c(c5ccccc53)C=CCC4)c2)C1. The predicted molar refractivity (Wildman–Crippen MR) is 209 cm³/mol. The normalized spacial score (nSPS) is 15.0. The van der Waals surface area contributed by atoms with E-state index < -0.39 is 0 Å². The van der Waals surface area contributed by atoms with Gasteiger partial charge in [0.1, 0.15) is 0 Å². The third kappa shape index (κ3) is 4.96. The van der Waals surface area contributed by atoms with E-state index in [0.717, 1.165) is 47.3 Å². The van der Waals surface area contributed by atoms with Crippen molar-refractivity contribution >= 4 is 34.0 Å². The molecule has 10 rings (SSSR count).